The monoisotopic (exact) mass is 129 g/mol. The third-order valence-corrected chi connectivity index (χ3v) is 1.73. The lowest BCUT2D eigenvalue weighted by Gasteiger charge is -2.35. The van der Waals surface area contributed by atoms with Crippen LogP contribution in [0.5, 0.6) is 0 Å². The van der Waals surface area contributed by atoms with Gasteiger partial charge in [0.05, 0.1) is 12.0 Å². The molecule has 3 heteroatoms. The number of β-lactam (4-membered cyclic amide) rings is 1. The van der Waals surface area contributed by atoms with E-state index in [1.165, 1.54) is 0 Å². The van der Waals surface area contributed by atoms with Crippen molar-refractivity contribution in [1.29, 1.82) is 0 Å². The number of nitrogens with one attached hydrogen (secondary N) is 1. The molecule has 2 unspecified atom stereocenters. The van der Waals surface area contributed by atoms with E-state index in [2.05, 4.69) is 5.32 Å². The zero-order valence-electron chi connectivity index (χ0n) is 5.59. The predicted molar refractivity (Wildman–Crippen MR) is 32.8 cm³/mol. The van der Waals surface area contributed by atoms with E-state index < -0.39 is 6.10 Å². The lowest BCUT2D eigenvalue weighted by Crippen LogP contribution is -2.60. The Morgan fingerprint density at radius 1 is 1.78 bits per heavy atom. The third-order valence-electron chi connectivity index (χ3n) is 1.73. The van der Waals surface area contributed by atoms with Crippen molar-refractivity contribution in [3.8, 4) is 0 Å². The van der Waals surface area contributed by atoms with Crippen LogP contribution in [-0.2, 0) is 4.79 Å². The summed E-state index contributed by atoms with van der Waals surface area (Å²) in [5.41, 5.74) is 0. The van der Waals surface area contributed by atoms with Gasteiger partial charge in [-0.05, 0) is 13.8 Å². The van der Waals surface area contributed by atoms with Crippen LogP contribution < -0.4 is 5.32 Å². The molecule has 1 aliphatic rings. The molecule has 1 amide bonds. The van der Waals surface area contributed by atoms with E-state index in [9.17, 15) is 4.79 Å². The molecule has 1 heterocycles. The molecule has 0 bridgehead atoms. The van der Waals surface area contributed by atoms with Crippen molar-refractivity contribution in [2.75, 3.05) is 0 Å². The van der Waals surface area contributed by atoms with Gasteiger partial charge in [-0.2, -0.15) is 0 Å². The first-order valence-corrected chi connectivity index (χ1v) is 3.11. The molecule has 0 saturated carbocycles. The fourth-order valence-electron chi connectivity index (χ4n) is 1.18. The molecule has 1 fully saturated rings. The smallest absolute Gasteiger partial charge is 0.228 e. The van der Waals surface area contributed by atoms with Gasteiger partial charge in [0.2, 0.25) is 5.91 Å². The van der Waals surface area contributed by atoms with E-state index in [0.717, 1.165) is 0 Å². The number of rotatable bonds is 1. The van der Waals surface area contributed by atoms with E-state index >= 15 is 0 Å². The van der Waals surface area contributed by atoms with E-state index in [1.807, 2.05) is 6.92 Å². The molecule has 2 N–H and O–H groups in total. The van der Waals surface area contributed by atoms with Crippen molar-refractivity contribution in [3.05, 3.63) is 0 Å². The largest absolute Gasteiger partial charge is 0.393 e. The molecular formula is C6H11NO2. The van der Waals surface area contributed by atoms with Gasteiger partial charge < -0.3 is 10.4 Å². The number of aliphatic hydroxyl groups excluding tert-OH is 1. The first-order chi connectivity index (χ1) is 4.13. The minimum Gasteiger partial charge on any atom is -0.393 e. The highest BCUT2D eigenvalue weighted by Gasteiger charge is 2.38. The average Bonchev–Trinajstić information content (AvgIpc) is 1.62. The first-order valence-electron chi connectivity index (χ1n) is 3.11. The molecule has 0 radical (unpaired) electrons. The highest BCUT2D eigenvalue weighted by molar-refractivity contribution is 5.86. The van der Waals surface area contributed by atoms with Crippen molar-refractivity contribution < 1.29 is 9.90 Å². The van der Waals surface area contributed by atoms with Gasteiger partial charge in [-0.25, -0.2) is 0 Å². The van der Waals surface area contributed by atoms with Crippen molar-refractivity contribution >= 4 is 5.91 Å². The Kier molecular flexibility index (Phi) is 1.45. The second-order valence-corrected chi connectivity index (χ2v) is 2.56. The second kappa shape index (κ2) is 1.99. The van der Waals surface area contributed by atoms with E-state index in [-0.39, 0.29) is 17.9 Å². The molecule has 9 heavy (non-hydrogen) atoms. The SMILES string of the molecule is CC1NC(=O)C1[C@H](C)O. The van der Waals surface area contributed by atoms with Crippen molar-refractivity contribution in [1.82, 2.24) is 5.32 Å². The molecule has 1 rings (SSSR count). The molecule has 3 atom stereocenters. The summed E-state index contributed by atoms with van der Waals surface area (Å²) in [6, 6.07) is 0.150. The molecular weight excluding hydrogens is 118 g/mol. The minimum atomic E-state index is -0.506. The second-order valence-electron chi connectivity index (χ2n) is 2.56. The van der Waals surface area contributed by atoms with E-state index in [1.54, 1.807) is 6.92 Å². The van der Waals surface area contributed by atoms with Crippen LogP contribution in [0, 0.1) is 5.92 Å². The van der Waals surface area contributed by atoms with Crippen LogP contribution in [-0.4, -0.2) is 23.2 Å². The molecule has 0 aromatic heterocycles. The Morgan fingerprint density at radius 2 is 2.33 bits per heavy atom. The predicted octanol–water partition coefficient (Wildman–Crippen LogP) is -0.498. The third kappa shape index (κ3) is 0.920. The number of amides is 1. The fourth-order valence-corrected chi connectivity index (χ4v) is 1.18. The highest BCUT2D eigenvalue weighted by atomic mass is 16.3. The summed E-state index contributed by atoms with van der Waals surface area (Å²) >= 11 is 0. The Hall–Kier alpha value is -0.570. The fraction of sp³-hybridized carbons (Fsp3) is 0.833. The molecule has 1 aliphatic heterocycles. The van der Waals surface area contributed by atoms with Gasteiger partial charge in [0.1, 0.15) is 0 Å². The molecule has 0 aromatic carbocycles. The summed E-state index contributed by atoms with van der Waals surface area (Å²) in [7, 11) is 0. The number of hydrogen-bond acceptors (Lipinski definition) is 2. The number of carbonyl (C=O) groups excluding carboxylic acids is 1. The Morgan fingerprint density at radius 3 is 2.44 bits per heavy atom. The summed E-state index contributed by atoms with van der Waals surface area (Å²) in [5.74, 6) is -0.206. The van der Waals surface area contributed by atoms with Gasteiger partial charge >= 0.3 is 0 Å². The first kappa shape index (κ1) is 6.55. The lowest BCUT2D eigenvalue weighted by molar-refractivity contribution is -0.139. The molecule has 1 saturated heterocycles. The van der Waals surface area contributed by atoms with Crippen LogP contribution in [0.4, 0.5) is 0 Å². The number of carbonyl (C=O) groups is 1. The van der Waals surface area contributed by atoms with Crippen molar-refractivity contribution in [3.63, 3.8) is 0 Å². The summed E-state index contributed by atoms with van der Waals surface area (Å²) in [6.07, 6.45) is -0.506. The standard InChI is InChI=1S/C6H11NO2/c1-3-5(4(2)8)6(9)7-3/h3-5,8H,1-2H3,(H,7,9)/t3?,4-,5?/m0/s1. The zero-order chi connectivity index (χ0) is 7.02. The van der Waals surface area contributed by atoms with Crippen molar-refractivity contribution in [2.45, 2.75) is 26.0 Å². The molecule has 0 aromatic rings. The molecule has 52 valence electrons. The molecule has 0 spiro atoms. The van der Waals surface area contributed by atoms with Crippen LogP contribution in [0.3, 0.4) is 0 Å². The normalized spacial score (nSPS) is 37.0. The maximum Gasteiger partial charge on any atom is 0.228 e. The minimum absolute atomic E-state index is 0.0301. The molecule has 3 nitrogen and oxygen atoms in total. The van der Waals surface area contributed by atoms with Crippen LogP contribution in [0.1, 0.15) is 13.8 Å². The maximum absolute atomic E-state index is 10.6. The van der Waals surface area contributed by atoms with Gasteiger partial charge in [0.15, 0.2) is 0 Å². The van der Waals surface area contributed by atoms with Crippen molar-refractivity contribution in [2.24, 2.45) is 5.92 Å². The summed E-state index contributed by atoms with van der Waals surface area (Å²) in [6.45, 7) is 3.53. The quantitative estimate of drug-likeness (QED) is 0.469. The van der Waals surface area contributed by atoms with Gasteiger partial charge in [-0.1, -0.05) is 0 Å². The van der Waals surface area contributed by atoms with E-state index in [4.69, 9.17) is 5.11 Å². The van der Waals surface area contributed by atoms with Gasteiger partial charge in [0.25, 0.3) is 0 Å². The zero-order valence-corrected chi connectivity index (χ0v) is 5.59. The number of aliphatic hydroxyl groups is 1. The Balaban J connectivity index is 2.49. The number of hydrogen-bond donors (Lipinski definition) is 2. The lowest BCUT2D eigenvalue weighted by atomic mass is 9.88. The van der Waals surface area contributed by atoms with Gasteiger partial charge in [0, 0.05) is 6.04 Å². The average molecular weight is 129 g/mol. The van der Waals surface area contributed by atoms with Gasteiger partial charge in [-0.15, -0.1) is 0 Å². The highest BCUT2D eigenvalue weighted by Crippen LogP contribution is 2.17. The Bertz CT molecular complexity index is 128. The molecule has 0 aliphatic carbocycles. The topological polar surface area (TPSA) is 49.3 Å². The van der Waals surface area contributed by atoms with Crippen LogP contribution in [0.15, 0.2) is 0 Å². The van der Waals surface area contributed by atoms with Crippen LogP contribution in [0.25, 0.3) is 0 Å². The summed E-state index contributed by atoms with van der Waals surface area (Å²) in [4.78, 5) is 10.6. The van der Waals surface area contributed by atoms with E-state index in [0.29, 0.717) is 0 Å². The van der Waals surface area contributed by atoms with Crippen LogP contribution >= 0.6 is 0 Å². The summed E-state index contributed by atoms with van der Waals surface area (Å²) in [5, 5.41) is 11.6. The van der Waals surface area contributed by atoms with Crippen LogP contribution in [0.2, 0.25) is 0 Å². The summed E-state index contributed by atoms with van der Waals surface area (Å²) < 4.78 is 0. The van der Waals surface area contributed by atoms with Gasteiger partial charge in [-0.3, -0.25) is 4.79 Å². The Labute approximate surface area is 54.1 Å². The maximum atomic E-state index is 10.6.